The molecule has 8 heteroatoms. The highest BCUT2D eigenvalue weighted by atomic mass is 16.7. The maximum Gasteiger partial charge on any atom is 0.181 e. The molecule has 2 aliphatic rings. The molecule has 124 valence electrons. The Balaban J connectivity index is 1.53. The zero-order valence-electron chi connectivity index (χ0n) is 13.0. The van der Waals surface area contributed by atoms with E-state index in [1.54, 1.807) is 12.5 Å². The lowest BCUT2D eigenvalue weighted by atomic mass is 9.95. The Morgan fingerprint density at radius 3 is 3.00 bits per heavy atom. The summed E-state index contributed by atoms with van der Waals surface area (Å²) in [7, 11) is 0. The van der Waals surface area contributed by atoms with Crippen molar-refractivity contribution >= 4 is 0 Å². The van der Waals surface area contributed by atoms with E-state index in [1.165, 1.54) is 0 Å². The summed E-state index contributed by atoms with van der Waals surface area (Å²) in [5.41, 5.74) is 1.87. The fourth-order valence-corrected chi connectivity index (χ4v) is 3.39. The molecule has 5 atom stereocenters. The van der Waals surface area contributed by atoms with Gasteiger partial charge in [-0.1, -0.05) is 5.16 Å². The number of nitrogens with one attached hydrogen (secondary N) is 1. The Morgan fingerprint density at radius 2 is 2.30 bits per heavy atom. The summed E-state index contributed by atoms with van der Waals surface area (Å²) >= 11 is 0. The lowest BCUT2D eigenvalue weighted by molar-refractivity contribution is -0.165. The van der Waals surface area contributed by atoms with Crippen LogP contribution in [-0.2, 0) is 16.0 Å². The molecule has 0 saturated carbocycles. The van der Waals surface area contributed by atoms with Crippen molar-refractivity contribution in [3.05, 3.63) is 35.7 Å². The van der Waals surface area contributed by atoms with Crippen molar-refractivity contribution in [3.63, 3.8) is 0 Å². The maximum absolute atomic E-state index is 10.8. The van der Waals surface area contributed by atoms with Gasteiger partial charge in [-0.25, -0.2) is 4.98 Å². The zero-order chi connectivity index (χ0) is 16.0. The van der Waals surface area contributed by atoms with Gasteiger partial charge in [0.15, 0.2) is 6.29 Å². The van der Waals surface area contributed by atoms with E-state index < -0.39 is 12.4 Å². The highest BCUT2D eigenvalue weighted by Gasteiger charge is 2.50. The summed E-state index contributed by atoms with van der Waals surface area (Å²) in [6, 6.07) is -0.562. The molecular weight excluding hydrogens is 300 g/mol. The van der Waals surface area contributed by atoms with Gasteiger partial charge >= 0.3 is 0 Å². The minimum absolute atomic E-state index is 0.171. The Bertz CT molecular complexity index is 652. The minimum Gasteiger partial charge on any atom is -0.389 e. The van der Waals surface area contributed by atoms with Crippen LogP contribution in [0.5, 0.6) is 0 Å². The van der Waals surface area contributed by atoms with E-state index >= 15 is 0 Å². The van der Waals surface area contributed by atoms with Crippen LogP contribution in [-0.4, -0.2) is 51.0 Å². The molecule has 0 aromatic carbocycles. The predicted octanol–water partition coefficient (Wildman–Crippen LogP) is 0.303. The summed E-state index contributed by atoms with van der Waals surface area (Å²) in [5.74, 6) is 0.785. The molecule has 2 aromatic rings. The van der Waals surface area contributed by atoms with E-state index in [0.717, 1.165) is 17.0 Å². The number of fused-ring (bicyclic) bond motifs is 2. The molecule has 2 aliphatic heterocycles. The van der Waals surface area contributed by atoms with Crippen molar-refractivity contribution in [2.45, 2.75) is 51.0 Å². The molecule has 4 rings (SSSR count). The molecule has 0 radical (unpaired) electrons. The van der Waals surface area contributed by atoms with Crippen LogP contribution in [0, 0.1) is 13.8 Å². The largest absolute Gasteiger partial charge is 0.389 e. The van der Waals surface area contributed by atoms with Crippen LogP contribution < -0.4 is 5.32 Å². The molecule has 23 heavy (non-hydrogen) atoms. The summed E-state index contributed by atoms with van der Waals surface area (Å²) < 4.78 is 18.6. The number of ether oxygens (including phenoxy) is 2. The van der Waals surface area contributed by atoms with Crippen molar-refractivity contribution in [2.24, 2.45) is 0 Å². The molecule has 2 saturated heterocycles. The van der Waals surface area contributed by atoms with E-state index in [2.05, 4.69) is 15.5 Å². The van der Waals surface area contributed by atoms with Crippen molar-refractivity contribution in [1.29, 1.82) is 0 Å². The zero-order valence-corrected chi connectivity index (χ0v) is 13.0. The summed E-state index contributed by atoms with van der Waals surface area (Å²) in [4.78, 5) is 4.05. The number of hydrogen-bond acceptors (Lipinski definition) is 7. The average molecular weight is 320 g/mol. The number of rotatable bonds is 4. The van der Waals surface area contributed by atoms with Gasteiger partial charge in [0.05, 0.1) is 30.8 Å². The van der Waals surface area contributed by atoms with Crippen LogP contribution in [0.1, 0.15) is 23.1 Å². The number of nitrogens with zero attached hydrogens (tertiary/aromatic N) is 3. The second-order valence-corrected chi connectivity index (χ2v) is 6.08. The van der Waals surface area contributed by atoms with Gasteiger partial charge in [-0.05, 0) is 13.8 Å². The van der Waals surface area contributed by atoms with Gasteiger partial charge in [0, 0.05) is 24.5 Å². The highest BCUT2D eigenvalue weighted by molar-refractivity contribution is 5.20. The van der Waals surface area contributed by atoms with Crippen LogP contribution >= 0.6 is 0 Å². The van der Waals surface area contributed by atoms with Crippen molar-refractivity contribution in [3.8, 4) is 0 Å². The molecule has 2 fully saturated rings. The number of hydrogen-bond donors (Lipinski definition) is 2. The first-order chi connectivity index (χ1) is 11.1. The van der Waals surface area contributed by atoms with Crippen molar-refractivity contribution in [2.75, 3.05) is 6.61 Å². The first kappa shape index (κ1) is 14.8. The molecule has 8 nitrogen and oxygen atoms in total. The second kappa shape index (κ2) is 5.72. The smallest absolute Gasteiger partial charge is 0.181 e. The Morgan fingerprint density at radius 1 is 1.43 bits per heavy atom. The Hall–Kier alpha value is -1.74. The number of imidazole rings is 1. The van der Waals surface area contributed by atoms with Gasteiger partial charge in [0.2, 0.25) is 0 Å². The van der Waals surface area contributed by atoms with E-state index in [-0.39, 0.29) is 18.2 Å². The molecule has 0 amide bonds. The molecule has 2 N–H and O–H groups in total. The van der Waals surface area contributed by atoms with Gasteiger partial charge in [0.25, 0.3) is 0 Å². The number of aryl methyl sites for hydroxylation is 2. The fraction of sp³-hybridized carbons (Fsp3) is 0.600. The van der Waals surface area contributed by atoms with Crippen LogP contribution in [0.15, 0.2) is 23.2 Å². The van der Waals surface area contributed by atoms with Crippen molar-refractivity contribution in [1.82, 2.24) is 20.0 Å². The predicted molar refractivity (Wildman–Crippen MR) is 78.5 cm³/mol. The van der Waals surface area contributed by atoms with Gasteiger partial charge in [-0.2, -0.15) is 0 Å². The summed E-state index contributed by atoms with van der Waals surface area (Å²) in [6.45, 7) is 4.81. The third-order valence-electron chi connectivity index (χ3n) is 4.70. The molecule has 5 unspecified atom stereocenters. The standard InChI is InChI=1S/C15H20N4O4/c1-8-10(9(2)23-18-8)5-17-12-11-6-21-15(22-11)13(14(12)20)19-4-3-16-7-19/h3-4,7,11-15,17,20H,5-6H2,1-2H3. The van der Waals surface area contributed by atoms with Crippen molar-refractivity contribution < 1.29 is 19.1 Å². The van der Waals surface area contributed by atoms with E-state index in [9.17, 15) is 5.11 Å². The number of aromatic nitrogens is 3. The first-order valence-corrected chi connectivity index (χ1v) is 7.73. The summed E-state index contributed by atoms with van der Waals surface area (Å²) in [6.07, 6.45) is 3.91. The maximum atomic E-state index is 10.8. The number of aliphatic hydroxyl groups excluding tert-OH is 1. The van der Waals surface area contributed by atoms with E-state index in [0.29, 0.717) is 13.2 Å². The molecule has 0 aliphatic carbocycles. The highest BCUT2D eigenvalue weighted by Crippen LogP contribution is 2.35. The second-order valence-electron chi connectivity index (χ2n) is 6.08. The topological polar surface area (TPSA) is 94.6 Å². The van der Waals surface area contributed by atoms with Gasteiger partial charge in [0.1, 0.15) is 17.9 Å². The van der Waals surface area contributed by atoms with Gasteiger partial charge in [-0.15, -0.1) is 0 Å². The third kappa shape index (κ3) is 2.47. The van der Waals surface area contributed by atoms with Crippen LogP contribution in [0.2, 0.25) is 0 Å². The third-order valence-corrected chi connectivity index (χ3v) is 4.70. The average Bonchev–Trinajstić information content (AvgIpc) is 3.25. The molecule has 0 spiro atoms. The van der Waals surface area contributed by atoms with E-state index in [1.807, 2.05) is 24.6 Å². The Kier molecular flexibility index (Phi) is 3.68. The lowest BCUT2D eigenvalue weighted by Crippen LogP contribution is -2.57. The van der Waals surface area contributed by atoms with E-state index in [4.69, 9.17) is 14.0 Å². The van der Waals surface area contributed by atoms with Crippen LogP contribution in [0.25, 0.3) is 0 Å². The van der Waals surface area contributed by atoms with Crippen LogP contribution in [0.3, 0.4) is 0 Å². The monoisotopic (exact) mass is 320 g/mol. The molecule has 4 heterocycles. The fourth-order valence-electron chi connectivity index (χ4n) is 3.39. The minimum atomic E-state index is -0.643. The molecule has 2 bridgehead atoms. The van der Waals surface area contributed by atoms with Crippen LogP contribution in [0.4, 0.5) is 0 Å². The number of aliphatic hydroxyl groups is 1. The lowest BCUT2D eigenvalue weighted by Gasteiger charge is -2.39. The summed E-state index contributed by atoms with van der Waals surface area (Å²) in [5, 5.41) is 18.2. The molecular formula is C15H20N4O4. The first-order valence-electron chi connectivity index (χ1n) is 7.73. The quantitative estimate of drug-likeness (QED) is 0.837. The van der Waals surface area contributed by atoms with Gasteiger partial charge in [-0.3, -0.25) is 0 Å². The van der Waals surface area contributed by atoms with Gasteiger partial charge < -0.3 is 29.0 Å². The molecule has 2 aromatic heterocycles. The normalized spacial score (nSPS) is 33.3. The SMILES string of the molecule is Cc1noc(C)c1CNC1C2COC(O2)C(n2ccnc2)C1O. The Labute approximate surface area is 133 Å².